The van der Waals surface area contributed by atoms with Gasteiger partial charge in [-0.05, 0) is 25.7 Å². The maximum Gasteiger partial charge on any atom is 0.340 e. The lowest BCUT2D eigenvalue weighted by Gasteiger charge is -2.25. The maximum absolute atomic E-state index is 11.9. The lowest BCUT2D eigenvalue weighted by atomic mass is 9.83. The van der Waals surface area contributed by atoms with E-state index in [1.54, 1.807) is 0 Å². The number of cyclic esters (lactones) is 1. The number of esters is 1. The molecule has 1 aliphatic carbocycles. The van der Waals surface area contributed by atoms with Gasteiger partial charge in [0.25, 0.3) is 0 Å². The third kappa shape index (κ3) is 1.56. The number of rotatable bonds is 1. The zero-order chi connectivity index (χ0) is 11.0. The number of carbonyl (C=O) groups excluding carboxylic acids is 1. The van der Waals surface area contributed by atoms with E-state index in [0.717, 1.165) is 45.1 Å². The first-order valence-electron chi connectivity index (χ1n) is 6.24. The third-order valence-corrected chi connectivity index (χ3v) is 3.79. The highest BCUT2D eigenvalue weighted by molar-refractivity contribution is 6.01. The van der Waals surface area contributed by atoms with E-state index in [1.165, 1.54) is 6.42 Å². The summed E-state index contributed by atoms with van der Waals surface area (Å²) in [5, 5.41) is 0. The van der Waals surface area contributed by atoms with Gasteiger partial charge in [0.1, 0.15) is 6.10 Å². The Morgan fingerprint density at radius 3 is 2.69 bits per heavy atom. The zero-order valence-corrected chi connectivity index (χ0v) is 9.41. The molecule has 1 saturated carbocycles. The zero-order valence-electron chi connectivity index (χ0n) is 9.41. The second-order valence-electron chi connectivity index (χ2n) is 4.93. The summed E-state index contributed by atoms with van der Waals surface area (Å²) in [5.41, 5.74) is -0.542. The van der Waals surface area contributed by atoms with Gasteiger partial charge in [-0.1, -0.05) is 19.3 Å². The molecule has 3 rings (SSSR count). The van der Waals surface area contributed by atoms with Gasteiger partial charge in [-0.15, -0.1) is 0 Å². The summed E-state index contributed by atoms with van der Waals surface area (Å²) in [7, 11) is 0. The molecule has 2 fully saturated rings. The molecule has 0 bridgehead atoms. The summed E-state index contributed by atoms with van der Waals surface area (Å²) in [6.07, 6.45) is 6.97. The van der Waals surface area contributed by atoms with Crippen molar-refractivity contribution in [3.8, 4) is 0 Å². The molecule has 0 unspecified atom stereocenters. The van der Waals surface area contributed by atoms with Crippen molar-refractivity contribution in [2.24, 2.45) is 4.99 Å². The van der Waals surface area contributed by atoms with Gasteiger partial charge in [-0.25, -0.2) is 9.79 Å². The summed E-state index contributed by atoms with van der Waals surface area (Å²) in [4.78, 5) is 16.5. The van der Waals surface area contributed by atoms with E-state index in [2.05, 4.69) is 4.99 Å². The van der Waals surface area contributed by atoms with E-state index in [0.29, 0.717) is 5.90 Å². The first-order chi connectivity index (χ1) is 7.80. The molecule has 0 amide bonds. The molecule has 2 aliphatic heterocycles. The highest BCUT2D eigenvalue weighted by Gasteiger charge is 2.48. The molecular formula is C12H17NO3. The molecule has 1 spiro atoms. The van der Waals surface area contributed by atoms with E-state index in [9.17, 15) is 4.79 Å². The van der Waals surface area contributed by atoms with Crippen molar-refractivity contribution in [2.75, 3.05) is 6.61 Å². The molecule has 4 nitrogen and oxygen atoms in total. The van der Waals surface area contributed by atoms with Gasteiger partial charge in [0.2, 0.25) is 5.90 Å². The fourth-order valence-electron chi connectivity index (χ4n) is 2.83. The van der Waals surface area contributed by atoms with E-state index in [-0.39, 0.29) is 12.1 Å². The van der Waals surface area contributed by atoms with Crippen molar-refractivity contribution in [1.29, 1.82) is 0 Å². The Kier molecular flexibility index (Phi) is 2.46. The van der Waals surface area contributed by atoms with Crippen LogP contribution in [0.2, 0.25) is 0 Å². The van der Waals surface area contributed by atoms with Gasteiger partial charge in [0.05, 0.1) is 0 Å². The molecule has 16 heavy (non-hydrogen) atoms. The minimum Gasteiger partial charge on any atom is -0.407 e. The summed E-state index contributed by atoms with van der Waals surface area (Å²) < 4.78 is 10.8. The number of ether oxygens (including phenoxy) is 2. The van der Waals surface area contributed by atoms with Gasteiger partial charge in [0.15, 0.2) is 5.54 Å². The number of aliphatic imine (C=N–C) groups is 1. The predicted octanol–water partition coefficient (Wildman–Crippen LogP) is 1.82. The Balaban J connectivity index is 1.81. The highest BCUT2D eigenvalue weighted by atomic mass is 16.6. The predicted molar refractivity (Wildman–Crippen MR) is 58.3 cm³/mol. The molecule has 1 atom stereocenters. The highest BCUT2D eigenvalue weighted by Crippen LogP contribution is 2.37. The van der Waals surface area contributed by atoms with Crippen LogP contribution in [-0.2, 0) is 14.3 Å². The second kappa shape index (κ2) is 3.84. The Hall–Kier alpha value is -0.900. The van der Waals surface area contributed by atoms with Crippen LogP contribution in [-0.4, -0.2) is 30.1 Å². The number of carbonyl (C=O) groups is 1. The van der Waals surface area contributed by atoms with Crippen molar-refractivity contribution in [2.45, 2.75) is 56.6 Å². The van der Waals surface area contributed by atoms with Crippen LogP contribution in [0.15, 0.2) is 4.99 Å². The van der Waals surface area contributed by atoms with Gasteiger partial charge >= 0.3 is 5.97 Å². The Labute approximate surface area is 95.0 Å². The van der Waals surface area contributed by atoms with Crippen molar-refractivity contribution in [1.82, 2.24) is 0 Å². The standard InChI is InChI=1S/C12H17NO3/c14-11-12(6-2-1-3-7-12)13-10(16-11)9-5-4-8-15-9/h9H,1-8H2/t9-/m1/s1. The van der Waals surface area contributed by atoms with E-state index in [1.807, 2.05) is 0 Å². The van der Waals surface area contributed by atoms with Crippen LogP contribution in [0.25, 0.3) is 0 Å². The van der Waals surface area contributed by atoms with E-state index in [4.69, 9.17) is 9.47 Å². The second-order valence-corrected chi connectivity index (χ2v) is 4.93. The molecule has 0 aromatic heterocycles. The molecule has 4 heteroatoms. The quantitative estimate of drug-likeness (QED) is 0.637. The number of hydrogen-bond donors (Lipinski definition) is 0. The van der Waals surface area contributed by atoms with Crippen molar-refractivity contribution >= 4 is 11.9 Å². The minimum absolute atomic E-state index is 0.0646. The molecule has 0 aromatic rings. The molecule has 88 valence electrons. The summed E-state index contributed by atoms with van der Waals surface area (Å²) in [6.45, 7) is 0.758. The smallest absolute Gasteiger partial charge is 0.340 e. The molecule has 0 N–H and O–H groups in total. The Morgan fingerprint density at radius 1 is 1.19 bits per heavy atom. The fourth-order valence-corrected chi connectivity index (χ4v) is 2.83. The summed E-state index contributed by atoms with van der Waals surface area (Å²) in [6, 6.07) is 0. The van der Waals surface area contributed by atoms with Crippen LogP contribution in [0.5, 0.6) is 0 Å². The van der Waals surface area contributed by atoms with Crippen LogP contribution in [0.4, 0.5) is 0 Å². The molecule has 3 aliphatic rings. The molecule has 2 heterocycles. The average Bonchev–Trinajstić information content (AvgIpc) is 2.90. The minimum atomic E-state index is -0.542. The number of hydrogen-bond acceptors (Lipinski definition) is 4. The normalized spacial score (nSPS) is 32.9. The largest absolute Gasteiger partial charge is 0.407 e. The van der Waals surface area contributed by atoms with Crippen molar-refractivity contribution in [3.05, 3.63) is 0 Å². The average molecular weight is 223 g/mol. The summed E-state index contributed by atoms with van der Waals surface area (Å²) >= 11 is 0. The Morgan fingerprint density at radius 2 is 2.00 bits per heavy atom. The van der Waals surface area contributed by atoms with Crippen molar-refractivity contribution in [3.63, 3.8) is 0 Å². The lowest BCUT2D eigenvalue weighted by molar-refractivity contribution is -0.140. The van der Waals surface area contributed by atoms with Crippen LogP contribution in [0.1, 0.15) is 44.9 Å². The van der Waals surface area contributed by atoms with E-state index < -0.39 is 5.54 Å². The maximum atomic E-state index is 11.9. The first kappa shape index (κ1) is 10.3. The Bertz CT molecular complexity index is 325. The van der Waals surface area contributed by atoms with Crippen LogP contribution >= 0.6 is 0 Å². The lowest BCUT2D eigenvalue weighted by Crippen LogP contribution is -2.35. The first-order valence-corrected chi connectivity index (χ1v) is 6.24. The topological polar surface area (TPSA) is 47.9 Å². The SMILES string of the molecule is O=C1OC([C@H]2CCCO2)=NC12CCCCC2. The molecule has 0 radical (unpaired) electrons. The molecule has 0 aromatic carbocycles. The van der Waals surface area contributed by atoms with Gasteiger partial charge in [-0.2, -0.15) is 0 Å². The van der Waals surface area contributed by atoms with E-state index >= 15 is 0 Å². The van der Waals surface area contributed by atoms with Crippen molar-refractivity contribution < 1.29 is 14.3 Å². The third-order valence-electron chi connectivity index (χ3n) is 3.79. The van der Waals surface area contributed by atoms with Crippen LogP contribution in [0.3, 0.4) is 0 Å². The van der Waals surface area contributed by atoms with Gasteiger partial charge in [0, 0.05) is 6.61 Å². The monoisotopic (exact) mass is 223 g/mol. The summed E-state index contributed by atoms with van der Waals surface area (Å²) in [5.74, 6) is 0.405. The number of nitrogens with zero attached hydrogens (tertiary/aromatic N) is 1. The fraction of sp³-hybridized carbons (Fsp3) is 0.833. The molecular weight excluding hydrogens is 206 g/mol. The van der Waals surface area contributed by atoms with Crippen LogP contribution in [0, 0.1) is 0 Å². The van der Waals surface area contributed by atoms with Gasteiger partial charge < -0.3 is 9.47 Å². The van der Waals surface area contributed by atoms with Gasteiger partial charge in [-0.3, -0.25) is 0 Å². The molecule has 1 saturated heterocycles. The van der Waals surface area contributed by atoms with Crippen LogP contribution < -0.4 is 0 Å².